The lowest BCUT2D eigenvalue weighted by atomic mass is 10.2. The summed E-state index contributed by atoms with van der Waals surface area (Å²) in [5.74, 6) is -2.14. The molecule has 2 N–H and O–H groups in total. The molecule has 4 rings (SSSR count). The number of quaternary nitrogens is 1. The van der Waals surface area contributed by atoms with Crippen LogP contribution >= 0.6 is 11.3 Å². The highest BCUT2D eigenvalue weighted by Gasteiger charge is 2.29. The first-order valence-electron chi connectivity index (χ1n) is 9.22. The molecule has 2 heterocycles. The van der Waals surface area contributed by atoms with Crippen LogP contribution in [0.4, 0.5) is 13.9 Å². The number of aromatic nitrogens is 1. The molecule has 3 aromatic rings. The quantitative estimate of drug-likeness (QED) is 0.625. The Bertz CT molecular complexity index is 1220. The lowest BCUT2D eigenvalue weighted by Crippen LogP contribution is -3.12. The van der Waals surface area contributed by atoms with Crippen LogP contribution in [0.25, 0.3) is 10.2 Å². The van der Waals surface area contributed by atoms with Crippen molar-refractivity contribution in [2.24, 2.45) is 0 Å². The third kappa shape index (κ3) is 4.06. The number of rotatable bonds is 4. The molecule has 1 aliphatic heterocycles. The van der Waals surface area contributed by atoms with Crippen LogP contribution < -0.4 is 10.2 Å². The highest BCUT2D eigenvalue weighted by atomic mass is 32.2. The minimum Gasteiger partial charge on any atom is -0.335 e. The number of amides is 1. The van der Waals surface area contributed by atoms with Crippen molar-refractivity contribution in [3.63, 3.8) is 0 Å². The van der Waals surface area contributed by atoms with E-state index in [4.69, 9.17) is 0 Å². The van der Waals surface area contributed by atoms with Gasteiger partial charge in [0.25, 0.3) is 5.91 Å². The van der Waals surface area contributed by atoms with Gasteiger partial charge in [0.15, 0.2) is 10.9 Å². The molecule has 0 saturated carbocycles. The zero-order valence-corrected chi connectivity index (χ0v) is 17.6. The summed E-state index contributed by atoms with van der Waals surface area (Å²) in [7, 11) is -1.70. The van der Waals surface area contributed by atoms with E-state index in [2.05, 4.69) is 10.3 Å². The zero-order valence-electron chi connectivity index (χ0n) is 16.0. The second kappa shape index (κ2) is 7.99. The molecule has 0 aliphatic carbocycles. The summed E-state index contributed by atoms with van der Waals surface area (Å²) in [5.41, 5.74) is 0.0898. The number of nitrogens with one attached hydrogen (secondary N) is 2. The third-order valence-corrected chi connectivity index (χ3v) is 7.76. The van der Waals surface area contributed by atoms with Crippen molar-refractivity contribution in [1.29, 1.82) is 0 Å². The van der Waals surface area contributed by atoms with Crippen LogP contribution in [-0.2, 0) is 10.0 Å². The second-order valence-electron chi connectivity index (χ2n) is 7.10. The number of likely N-dealkylation sites (N-methyl/N-ethyl adjacent to an activating group) is 1. The maximum atomic E-state index is 13.8. The van der Waals surface area contributed by atoms with E-state index >= 15 is 0 Å². The van der Waals surface area contributed by atoms with Gasteiger partial charge in [-0.1, -0.05) is 17.4 Å². The van der Waals surface area contributed by atoms with Crippen molar-refractivity contribution in [2.45, 2.75) is 4.90 Å². The number of carbonyl (C=O) groups is 1. The number of sulfonamides is 1. The van der Waals surface area contributed by atoms with Crippen molar-refractivity contribution >= 4 is 42.6 Å². The summed E-state index contributed by atoms with van der Waals surface area (Å²) in [6, 6.07) is 7.60. The molecular formula is C19H19F2N4O3S2+. The second-order valence-corrected chi connectivity index (χ2v) is 10.1. The Morgan fingerprint density at radius 2 is 1.93 bits per heavy atom. The summed E-state index contributed by atoms with van der Waals surface area (Å²) >= 11 is 0.929. The first-order chi connectivity index (χ1) is 14.2. The van der Waals surface area contributed by atoms with Gasteiger partial charge in [0.05, 0.1) is 42.8 Å². The summed E-state index contributed by atoms with van der Waals surface area (Å²) in [4.78, 5) is 17.9. The Morgan fingerprint density at radius 3 is 2.67 bits per heavy atom. The molecule has 2 aromatic carbocycles. The third-order valence-electron chi connectivity index (χ3n) is 4.94. The molecule has 0 unspecified atom stereocenters. The number of piperazine rings is 1. The molecule has 0 atom stereocenters. The number of carbonyl (C=O) groups excluding carboxylic acids is 1. The van der Waals surface area contributed by atoms with Crippen LogP contribution in [0.1, 0.15) is 10.4 Å². The number of fused-ring (bicyclic) bond motifs is 1. The Labute approximate surface area is 176 Å². The summed E-state index contributed by atoms with van der Waals surface area (Å²) in [6.07, 6.45) is 0. The Kier molecular flexibility index (Phi) is 5.53. The molecule has 1 saturated heterocycles. The van der Waals surface area contributed by atoms with E-state index in [0.29, 0.717) is 26.2 Å². The van der Waals surface area contributed by atoms with Crippen LogP contribution in [0.3, 0.4) is 0 Å². The van der Waals surface area contributed by atoms with Gasteiger partial charge in [-0.05, 0) is 24.3 Å². The fraction of sp³-hybridized carbons (Fsp3) is 0.263. The van der Waals surface area contributed by atoms with Crippen LogP contribution in [-0.4, -0.2) is 56.8 Å². The maximum absolute atomic E-state index is 13.8. The molecule has 1 fully saturated rings. The first kappa shape index (κ1) is 20.8. The molecule has 0 bridgehead atoms. The van der Waals surface area contributed by atoms with Crippen LogP contribution in [0, 0.1) is 11.6 Å². The van der Waals surface area contributed by atoms with E-state index in [9.17, 15) is 22.0 Å². The normalized spacial score (nSPS) is 16.1. The molecule has 30 heavy (non-hydrogen) atoms. The van der Waals surface area contributed by atoms with Crippen molar-refractivity contribution < 1.29 is 26.9 Å². The highest BCUT2D eigenvalue weighted by molar-refractivity contribution is 7.89. The number of anilines is 1. The number of halogens is 2. The van der Waals surface area contributed by atoms with Gasteiger partial charge in [0, 0.05) is 11.6 Å². The Balaban J connectivity index is 1.56. The highest BCUT2D eigenvalue weighted by Crippen LogP contribution is 2.29. The van der Waals surface area contributed by atoms with E-state index in [-0.39, 0.29) is 25.8 Å². The number of hydrogen-bond donors (Lipinski definition) is 2. The molecule has 1 aromatic heterocycles. The number of benzene rings is 2. The number of thiazole rings is 1. The van der Waals surface area contributed by atoms with Gasteiger partial charge in [0.1, 0.15) is 11.3 Å². The van der Waals surface area contributed by atoms with E-state index < -0.39 is 27.6 Å². The zero-order chi connectivity index (χ0) is 21.5. The fourth-order valence-corrected chi connectivity index (χ4v) is 5.62. The topological polar surface area (TPSA) is 83.8 Å². The summed E-state index contributed by atoms with van der Waals surface area (Å²) in [5, 5.41) is 2.62. The van der Waals surface area contributed by atoms with Crippen LogP contribution in [0.15, 0.2) is 41.3 Å². The van der Waals surface area contributed by atoms with Gasteiger partial charge in [-0.15, -0.1) is 0 Å². The van der Waals surface area contributed by atoms with E-state index in [1.807, 2.05) is 7.05 Å². The van der Waals surface area contributed by atoms with Gasteiger partial charge in [-0.3, -0.25) is 10.1 Å². The largest absolute Gasteiger partial charge is 0.335 e. The van der Waals surface area contributed by atoms with Crippen molar-refractivity contribution in [2.75, 3.05) is 38.5 Å². The molecule has 7 nitrogen and oxygen atoms in total. The van der Waals surface area contributed by atoms with E-state index in [0.717, 1.165) is 23.5 Å². The van der Waals surface area contributed by atoms with Crippen molar-refractivity contribution in [1.82, 2.24) is 9.29 Å². The monoisotopic (exact) mass is 453 g/mol. The molecule has 158 valence electrons. The van der Waals surface area contributed by atoms with Gasteiger partial charge < -0.3 is 4.90 Å². The number of nitrogens with zero attached hydrogens (tertiary/aromatic N) is 2. The SMILES string of the molecule is C[NH+]1CCN(S(=O)(=O)c2cccc(C(=O)Nc3nc4c(F)cc(F)cc4s3)c2)CC1. The van der Waals surface area contributed by atoms with Gasteiger partial charge in [-0.25, -0.2) is 22.2 Å². The predicted molar refractivity (Wildman–Crippen MR) is 109 cm³/mol. The molecule has 1 amide bonds. The molecule has 11 heteroatoms. The summed E-state index contributed by atoms with van der Waals surface area (Å²) in [6.45, 7) is 2.26. The smallest absolute Gasteiger partial charge is 0.257 e. The number of hydrogen-bond acceptors (Lipinski definition) is 5. The van der Waals surface area contributed by atoms with Gasteiger partial charge in [-0.2, -0.15) is 4.31 Å². The van der Waals surface area contributed by atoms with Crippen molar-refractivity contribution in [3.05, 3.63) is 53.6 Å². The minimum atomic E-state index is -3.71. The average molecular weight is 454 g/mol. The Hall–Kier alpha value is -2.47. The lowest BCUT2D eigenvalue weighted by Gasteiger charge is -2.29. The van der Waals surface area contributed by atoms with Crippen LogP contribution in [0.2, 0.25) is 0 Å². The summed E-state index contributed by atoms with van der Waals surface area (Å²) < 4.78 is 54.7. The fourth-order valence-electron chi connectivity index (χ4n) is 3.24. The predicted octanol–water partition coefficient (Wildman–Crippen LogP) is 1.35. The lowest BCUT2D eigenvalue weighted by molar-refractivity contribution is -0.883. The molecule has 1 aliphatic rings. The standard InChI is InChI=1S/C19H18F2N4O3S2/c1-24-5-7-25(8-6-24)30(27,28)14-4-2-3-12(9-14)18(26)23-19-22-17-15(21)10-13(20)11-16(17)29-19/h2-4,9-11H,5-8H2,1H3,(H,22,23,26)/p+1. The molecular weight excluding hydrogens is 434 g/mol. The average Bonchev–Trinajstić information content (AvgIpc) is 3.11. The van der Waals surface area contributed by atoms with Crippen molar-refractivity contribution in [3.8, 4) is 0 Å². The van der Waals surface area contributed by atoms with Gasteiger partial charge in [0.2, 0.25) is 10.0 Å². The Morgan fingerprint density at radius 1 is 1.20 bits per heavy atom. The van der Waals surface area contributed by atoms with Gasteiger partial charge >= 0.3 is 0 Å². The minimum absolute atomic E-state index is 0.0344. The maximum Gasteiger partial charge on any atom is 0.257 e. The van der Waals surface area contributed by atoms with E-state index in [1.165, 1.54) is 33.5 Å². The molecule has 0 spiro atoms. The molecule has 0 radical (unpaired) electrons. The first-order valence-corrected chi connectivity index (χ1v) is 11.5. The van der Waals surface area contributed by atoms with E-state index in [1.54, 1.807) is 0 Å². The van der Waals surface area contributed by atoms with Crippen LogP contribution in [0.5, 0.6) is 0 Å².